The third-order valence-electron chi connectivity index (χ3n) is 9.54. The quantitative estimate of drug-likeness (QED) is 0.186. The van der Waals surface area contributed by atoms with Gasteiger partial charge in [0.05, 0.1) is 0 Å². The number of hydrogen-bond donors (Lipinski definition) is 1. The van der Waals surface area contributed by atoms with Crippen LogP contribution in [-0.2, 0) is 11.2 Å². The van der Waals surface area contributed by atoms with Crippen LogP contribution in [0.2, 0.25) is 0 Å². The number of carbonyl (C=O) groups is 4. The normalized spacial score (nSPS) is 15.5. The Hall–Kier alpha value is -4.34. The van der Waals surface area contributed by atoms with E-state index in [2.05, 4.69) is 29.0 Å². The fraction of sp³-hybridized carbons (Fsp3) is 0.421. The van der Waals surface area contributed by atoms with Crippen LogP contribution in [0.15, 0.2) is 54.6 Å². The number of nitrogens with zero attached hydrogens (tertiary/aromatic N) is 4. The number of allylic oxidation sites excluding steroid dienone is 1. The highest BCUT2D eigenvalue weighted by atomic mass is 16.2. The Bertz CT molecular complexity index is 1720. The van der Waals surface area contributed by atoms with Gasteiger partial charge in [0.25, 0.3) is 23.6 Å². The maximum Gasteiger partial charge on any atom is 0.261 e. The lowest BCUT2D eigenvalue weighted by Gasteiger charge is -2.31. The molecule has 4 amide bonds. The Balaban J connectivity index is 0.990. The highest BCUT2D eigenvalue weighted by molar-refractivity contribution is 6.31. The van der Waals surface area contributed by atoms with Crippen molar-refractivity contribution in [2.24, 2.45) is 0 Å². The molecule has 6 rings (SSSR count). The van der Waals surface area contributed by atoms with Crippen LogP contribution >= 0.6 is 0 Å². The number of nitrogens with one attached hydrogen (secondary N) is 1. The summed E-state index contributed by atoms with van der Waals surface area (Å²) in [5, 5.41) is 5.10. The zero-order valence-electron chi connectivity index (χ0n) is 27.8. The van der Waals surface area contributed by atoms with E-state index in [0.717, 1.165) is 85.9 Å². The van der Waals surface area contributed by atoms with Gasteiger partial charge >= 0.3 is 0 Å². The van der Waals surface area contributed by atoms with Gasteiger partial charge in [0.15, 0.2) is 0 Å². The fourth-order valence-corrected chi connectivity index (χ4v) is 7.23. The number of aryl methyl sites for hydroxylation is 1. The minimum Gasteiger partial charge on any atom is -0.371 e. The molecule has 0 saturated heterocycles. The number of imide groups is 2. The van der Waals surface area contributed by atoms with E-state index in [1.807, 2.05) is 61.7 Å². The van der Waals surface area contributed by atoms with Crippen molar-refractivity contribution in [3.63, 3.8) is 0 Å². The SMILES string of the molecule is CCCN(CCC)c1ccc2c3c(cccc13)C(=O)N(CCN(C)CCCNCCN1C(=O)C3=CCCc4cccc(c43)C1=O)C2=O. The van der Waals surface area contributed by atoms with Gasteiger partial charge in [-0.25, -0.2) is 0 Å². The van der Waals surface area contributed by atoms with Gasteiger partial charge in [-0.2, -0.15) is 0 Å². The summed E-state index contributed by atoms with van der Waals surface area (Å²) < 4.78 is 0. The Morgan fingerprint density at radius 1 is 0.723 bits per heavy atom. The molecule has 3 aliphatic rings. The van der Waals surface area contributed by atoms with Crippen LogP contribution in [0.1, 0.15) is 81.7 Å². The first-order valence-electron chi connectivity index (χ1n) is 17.1. The first-order valence-corrected chi connectivity index (χ1v) is 17.1. The van der Waals surface area contributed by atoms with E-state index in [1.165, 1.54) is 9.80 Å². The van der Waals surface area contributed by atoms with Crippen LogP contribution in [0, 0.1) is 0 Å². The highest BCUT2D eigenvalue weighted by Crippen LogP contribution is 2.37. The topological polar surface area (TPSA) is 93.3 Å². The lowest BCUT2D eigenvalue weighted by atomic mass is 9.83. The molecule has 47 heavy (non-hydrogen) atoms. The Morgan fingerprint density at radius 2 is 1.40 bits per heavy atom. The van der Waals surface area contributed by atoms with E-state index in [9.17, 15) is 19.2 Å². The van der Waals surface area contributed by atoms with Crippen molar-refractivity contribution < 1.29 is 19.2 Å². The molecule has 0 fully saturated rings. The van der Waals surface area contributed by atoms with Gasteiger partial charge in [-0.15, -0.1) is 0 Å². The Morgan fingerprint density at radius 3 is 2.17 bits per heavy atom. The molecule has 3 aromatic rings. The Kier molecular flexibility index (Phi) is 9.84. The fourth-order valence-electron chi connectivity index (χ4n) is 7.23. The monoisotopic (exact) mass is 635 g/mol. The molecule has 9 nitrogen and oxygen atoms in total. The van der Waals surface area contributed by atoms with Crippen molar-refractivity contribution in [2.45, 2.75) is 46.0 Å². The molecule has 3 aromatic carbocycles. The standard InChI is InChI=1S/C38H45N5O4/c1-4-20-41(21-5-2)32-17-16-31-34-27(32)12-8-15-30(34)37(46)43(38(31)47)25-24-40(3)22-9-18-39-19-23-42-35(44)28-13-6-10-26-11-7-14-29(33(26)28)36(42)45/h6,8,10,12-17,39H,4-5,7,9,11,18-25H2,1-3H3. The molecule has 0 bridgehead atoms. The lowest BCUT2D eigenvalue weighted by molar-refractivity contribution is -0.122. The number of rotatable bonds is 15. The molecule has 2 aliphatic heterocycles. The molecule has 246 valence electrons. The largest absolute Gasteiger partial charge is 0.371 e. The van der Waals surface area contributed by atoms with E-state index in [1.54, 1.807) is 0 Å². The van der Waals surface area contributed by atoms with Crippen molar-refractivity contribution in [1.82, 2.24) is 20.0 Å². The second kappa shape index (κ2) is 14.2. The maximum atomic E-state index is 13.6. The summed E-state index contributed by atoms with van der Waals surface area (Å²) in [6.07, 6.45) is 6.52. The predicted molar refractivity (Wildman–Crippen MR) is 186 cm³/mol. The molecule has 0 atom stereocenters. The first kappa shape index (κ1) is 32.6. The molecule has 0 unspecified atom stereocenters. The van der Waals surface area contributed by atoms with Gasteiger partial charge in [-0.3, -0.25) is 29.0 Å². The minimum atomic E-state index is -0.234. The number of hydrogen-bond acceptors (Lipinski definition) is 7. The average molecular weight is 636 g/mol. The number of carbonyl (C=O) groups excluding carboxylic acids is 4. The summed E-state index contributed by atoms with van der Waals surface area (Å²) >= 11 is 0. The zero-order chi connectivity index (χ0) is 33.1. The van der Waals surface area contributed by atoms with Crippen LogP contribution in [0.4, 0.5) is 5.69 Å². The van der Waals surface area contributed by atoms with Crippen LogP contribution in [-0.4, -0.2) is 97.7 Å². The third kappa shape index (κ3) is 6.22. The van der Waals surface area contributed by atoms with E-state index in [4.69, 9.17) is 0 Å². The predicted octanol–water partition coefficient (Wildman–Crippen LogP) is 4.99. The highest BCUT2D eigenvalue weighted by Gasteiger charge is 2.37. The van der Waals surface area contributed by atoms with Crippen LogP contribution in [0.5, 0.6) is 0 Å². The zero-order valence-corrected chi connectivity index (χ0v) is 27.8. The minimum absolute atomic E-state index is 0.202. The van der Waals surface area contributed by atoms with E-state index >= 15 is 0 Å². The molecule has 0 radical (unpaired) electrons. The summed E-state index contributed by atoms with van der Waals surface area (Å²) in [7, 11) is 1.99. The molecule has 2 heterocycles. The molecule has 1 aliphatic carbocycles. The molecule has 0 aromatic heterocycles. The number of amides is 4. The summed E-state index contributed by atoms with van der Waals surface area (Å²) in [6.45, 7) is 9.38. The number of benzene rings is 3. The summed E-state index contributed by atoms with van der Waals surface area (Å²) in [5.74, 6) is -0.888. The van der Waals surface area contributed by atoms with Gasteiger partial charge in [0.1, 0.15) is 0 Å². The summed E-state index contributed by atoms with van der Waals surface area (Å²) in [6, 6.07) is 15.4. The van der Waals surface area contributed by atoms with Gasteiger partial charge in [-0.1, -0.05) is 44.2 Å². The molecule has 1 N–H and O–H groups in total. The Labute approximate surface area is 277 Å². The molecule has 9 heteroatoms. The van der Waals surface area contributed by atoms with E-state index in [-0.39, 0.29) is 23.6 Å². The number of anilines is 1. The maximum absolute atomic E-state index is 13.6. The third-order valence-corrected chi connectivity index (χ3v) is 9.54. The number of likely N-dealkylation sites (N-methyl/N-ethyl adjacent to an activating group) is 1. The molecule has 0 spiro atoms. The molecule has 0 saturated carbocycles. The van der Waals surface area contributed by atoms with Crippen molar-refractivity contribution in [1.29, 1.82) is 0 Å². The average Bonchev–Trinajstić information content (AvgIpc) is 3.08. The summed E-state index contributed by atoms with van der Waals surface area (Å²) in [5.41, 5.74) is 5.44. The smallest absolute Gasteiger partial charge is 0.261 e. The van der Waals surface area contributed by atoms with Gasteiger partial charge in [0, 0.05) is 83.6 Å². The van der Waals surface area contributed by atoms with Gasteiger partial charge < -0.3 is 15.1 Å². The van der Waals surface area contributed by atoms with Gasteiger partial charge in [-0.05, 0) is 82.1 Å². The second-order valence-corrected chi connectivity index (χ2v) is 12.8. The second-order valence-electron chi connectivity index (χ2n) is 12.8. The first-order chi connectivity index (χ1) is 22.8. The van der Waals surface area contributed by atoms with Crippen molar-refractivity contribution in [2.75, 3.05) is 64.3 Å². The van der Waals surface area contributed by atoms with Gasteiger partial charge in [0.2, 0.25) is 0 Å². The molecular formula is C38H45N5O4. The van der Waals surface area contributed by atoms with E-state index in [0.29, 0.717) is 48.4 Å². The van der Waals surface area contributed by atoms with Crippen molar-refractivity contribution in [3.05, 3.63) is 82.4 Å². The lowest BCUT2D eigenvalue weighted by Crippen LogP contribution is -2.45. The van der Waals surface area contributed by atoms with Crippen LogP contribution in [0.3, 0.4) is 0 Å². The van der Waals surface area contributed by atoms with Crippen LogP contribution in [0.25, 0.3) is 16.3 Å². The van der Waals surface area contributed by atoms with E-state index < -0.39 is 0 Å². The van der Waals surface area contributed by atoms with Crippen molar-refractivity contribution in [3.8, 4) is 0 Å². The summed E-state index contributed by atoms with van der Waals surface area (Å²) in [4.78, 5) is 60.7. The molecular weight excluding hydrogens is 590 g/mol. The van der Waals surface area contributed by atoms with Crippen LogP contribution < -0.4 is 10.2 Å². The van der Waals surface area contributed by atoms with Crippen molar-refractivity contribution >= 4 is 45.7 Å².